The Balaban J connectivity index is 1.65. The van der Waals surface area contributed by atoms with E-state index in [-0.39, 0.29) is 23.7 Å². The second kappa shape index (κ2) is 10.8. The minimum Gasteiger partial charge on any atom is -0.493 e. The van der Waals surface area contributed by atoms with Crippen LogP contribution in [-0.4, -0.2) is 32.5 Å². The van der Waals surface area contributed by atoms with Crippen LogP contribution in [-0.2, 0) is 16.1 Å². The van der Waals surface area contributed by atoms with Crippen LogP contribution < -0.4 is 25.0 Å². The third-order valence-corrected chi connectivity index (χ3v) is 7.38. The van der Waals surface area contributed by atoms with E-state index in [9.17, 15) is 9.59 Å². The van der Waals surface area contributed by atoms with Gasteiger partial charge in [0.15, 0.2) is 17.3 Å². The van der Waals surface area contributed by atoms with E-state index in [0.29, 0.717) is 36.5 Å². The smallest absolute Gasteiger partial charge is 0.239 e. The van der Waals surface area contributed by atoms with Crippen LogP contribution in [0.3, 0.4) is 0 Å². The molecule has 3 aromatic carbocycles. The fourth-order valence-corrected chi connectivity index (χ4v) is 5.69. The number of rotatable bonds is 7. The van der Waals surface area contributed by atoms with E-state index in [1.807, 2.05) is 77.7 Å². The quantitative estimate of drug-likeness (QED) is 0.416. The van der Waals surface area contributed by atoms with Crippen molar-refractivity contribution in [3.63, 3.8) is 0 Å². The standard InChI is InChI=1S/C32H35N3O4/c1-32(2)17-24-29(26(36)18-32)30(22-13-10-16-27(38-3)31(22)39-4)35(25-15-9-8-14-23(25)34-24)20-28(37)33-19-21-11-6-5-7-12-21/h5-16,30,34H,17-20H2,1-4H3,(H,33,37). The Morgan fingerprint density at radius 2 is 1.72 bits per heavy atom. The lowest BCUT2D eigenvalue weighted by atomic mass is 9.73. The van der Waals surface area contributed by atoms with E-state index in [1.165, 1.54) is 0 Å². The molecule has 1 aliphatic carbocycles. The average Bonchev–Trinajstić information content (AvgIpc) is 3.05. The fraction of sp³-hybridized carbons (Fsp3) is 0.312. The Morgan fingerprint density at radius 3 is 2.46 bits per heavy atom. The molecule has 2 aliphatic rings. The first kappa shape index (κ1) is 26.4. The highest BCUT2D eigenvalue weighted by molar-refractivity contribution is 6.02. The maximum Gasteiger partial charge on any atom is 0.239 e. The van der Waals surface area contributed by atoms with Crippen molar-refractivity contribution in [1.29, 1.82) is 0 Å². The van der Waals surface area contributed by atoms with Gasteiger partial charge >= 0.3 is 0 Å². The maximum atomic E-state index is 13.9. The summed E-state index contributed by atoms with van der Waals surface area (Å²) in [6.07, 6.45) is 1.12. The predicted octanol–water partition coefficient (Wildman–Crippen LogP) is 5.64. The van der Waals surface area contributed by atoms with E-state index >= 15 is 0 Å². The summed E-state index contributed by atoms with van der Waals surface area (Å²) in [5.41, 5.74) is 4.83. The number of carbonyl (C=O) groups is 2. The van der Waals surface area contributed by atoms with Gasteiger partial charge in [0, 0.05) is 29.8 Å². The van der Waals surface area contributed by atoms with Gasteiger partial charge in [0.25, 0.3) is 0 Å². The molecule has 0 radical (unpaired) electrons. The molecule has 5 rings (SSSR count). The first-order valence-corrected chi connectivity index (χ1v) is 13.2. The SMILES string of the molecule is COc1cccc(C2C3=C(CC(C)(C)CC3=O)Nc3ccccc3N2CC(=O)NCc2ccccc2)c1OC. The molecule has 7 heteroatoms. The summed E-state index contributed by atoms with van der Waals surface area (Å²) in [6, 6.07) is 22.8. The van der Waals surface area contributed by atoms with Crippen molar-refractivity contribution in [2.75, 3.05) is 31.0 Å². The number of hydrogen-bond acceptors (Lipinski definition) is 6. The number of nitrogens with one attached hydrogen (secondary N) is 2. The van der Waals surface area contributed by atoms with Crippen LogP contribution in [0.1, 0.15) is 43.9 Å². The van der Waals surface area contributed by atoms with Crippen LogP contribution in [0.25, 0.3) is 0 Å². The molecule has 0 aromatic heterocycles. The van der Waals surface area contributed by atoms with E-state index < -0.39 is 6.04 Å². The molecule has 1 unspecified atom stereocenters. The average molecular weight is 526 g/mol. The molecule has 1 atom stereocenters. The number of methoxy groups -OCH3 is 2. The molecule has 0 fully saturated rings. The zero-order valence-corrected chi connectivity index (χ0v) is 22.9. The topological polar surface area (TPSA) is 79.9 Å². The summed E-state index contributed by atoms with van der Waals surface area (Å²) in [5.74, 6) is 1.03. The monoisotopic (exact) mass is 525 g/mol. The van der Waals surface area contributed by atoms with Gasteiger partial charge in [0.1, 0.15) is 0 Å². The molecule has 1 amide bonds. The molecule has 1 aliphatic heterocycles. The van der Waals surface area contributed by atoms with Crippen molar-refractivity contribution in [2.24, 2.45) is 5.41 Å². The first-order valence-electron chi connectivity index (χ1n) is 13.2. The summed E-state index contributed by atoms with van der Waals surface area (Å²) in [5, 5.41) is 6.65. The van der Waals surface area contributed by atoms with E-state index in [2.05, 4.69) is 24.5 Å². The lowest BCUT2D eigenvalue weighted by molar-refractivity contribution is -0.121. The van der Waals surface area contributed by atoms with E-state index in [1.54, 1.807) is 14.2 Å². The number of allylic oxidation sites excluding steroid dienone is 1. The number of Topliss-reactive ketones (excluding diaryl/α,β-unsaturated/α-hetero) is 1. The zero-order valence-electron chi connectivity index (χ0n) is 22.9. The van der Waals surface area contributed by atoms with Crippen molar-refractivity contribution >= 4 is 23.1 Å². The van der Waals surface area contributed by atoms with Crippen LogP contribution in [0.4, 0.5) is 11.4 Å². The van der Waals surface area contributed by atoms with Gasteiger partial charge in [0.2, 0.25) is 5.91 Å². The van der Waals surface area contributed by atoms with Crippen LogP contribution >= 0.6 is 0 Å². The molecular weight excluding hydrogens is 490 g/mol. The number of amides is 1. The molecule has 0 saturated carbocycles. The lowest BCUT2D eigenvalue weighted by Gasteiger charge is -2.38. The van der Waals surface area contributed by atoms with Gasteiger partial charge < -0.3 is 25.0 Å². The Morgan fingerprint density at radius 1 is 0.974 bits per heavy atom. The predicted molar refractivity (Wildman–Crippen MR) is 153 cm³/mol. The van der Waals surface area contributed by atoms with Crippen molar-refractivity contribution in [3.8, 4) is 11.5 Å². The van der Waals surface area contributed by atoms with Crippen molar-refractivity contribution in [1.82, 2.24) is 5.32 Å². The van der Waals surface area contributed by atoms with Gasteiger partial charge in [0.05, 0.1) is 38.2 Å². The molecule has 0 bridgehead atoms. The number of ether oxygens (including phenoxy) is 2. The summed E-state index contributed by atoms with van der Waals surface area (Å²) < 4.78 is 11.5. The molecule has 2 N–H and O–H groups in total. The second-order valence-electron chi connectivity index (χ2n) is 10.9. The summed E-state index contributed by atoms with van der Waals surface area (Å²) >= 11 is 0. The van der Waals surface area contributed by atoms with E-state index in [0.717, 1.165) is 28.2 Å². The van der Waals surface area contributed by atoms with Gasteiger partial charge in [-0.15, -0.1) is 0 Å². The Labute approximate surface area is 229 Å². The summed E-state index contributed by atoms with van der Waals surface area (Å²) in [4.78, 5) is 29.4. The number of hydrogen-bond donors (Lipinski definition) is 2. The Bertz CT molecular complexity index is 1410. The van der Waals surface area contributed by atoms with Crippen molar-refractivity contribution < 1.29 is 19.1 Å². The van der Waals surface area contributed by atoms with Gasteiger partial charge in [-0.2, -0.15) is 0 Å². The van der Waals surface area contributed by atoms with E-state index in [4.69, 9.17) is 9.47 Å². The Kier molecular flexibility index (Phi) is 7.33. The Hall–Kier alpha value is -4.26. The lowest BCUT2D eigenvalue weighted by Crippen LogP contribution is -2.42. The number of ketones is 1. The van der Waals surface area contributed by atoms with Gasteiger partial charge in [-0.1, -0.05) is 68.4 Å². The van der Waals surface area contributed by atoms with Crippen molar-refractivity contribution in [3.05, 3.63) is 95.2 Å². The molecule has 1 heterocycles. The van der Waals surface area contributed by atoms with Gasteiger partial charge in [-0.25, -0.2) is 0 Å². The summed E-state index contributed by atoms with van der Waals surface area (Å²) in [6.45, 7) is 4.69. The fourth-order valence-electron chi connectivity index (χ4n) is 5.69. The number of para-hydroxylation sites is 3. The highest BCUT2D eigenvalue weighted by Crippen LogP contribution is 2.50. The molecule has 202 valence electrons. The number of nitrogens with zero attached hydrogens (tertiary/aromatic N) is 1. The van der Waals surface area contributed by atoms with Gasteiger partial charge in [-0.3, -0.25) is 9.59 Å². The third kappa shape index (κ3) is 5.35. The molecule has 0 saturated heterocycles. The molecule has 39 heavy (non-hydrogen) atoms. The highest BCUT2D eigenvalue weighted by atomic mass is 16.5. The molecule has 7 nitrogen and oxygen atoms in total. The minimum atomic E-state index is -0.563. The van der Waals surface area contributed by atoms with Gasteiger partial charge in [-0.05, 0) is 35.6 Å². The van der Waals surface area contributed by atoms with Crippen LogP contribution in [0.5, 0.6) is 11.5 Å². The van der Waals surface area contributed by atoms with Crippen LogP contribution in [0, 0.1) is 5.41 Å². The first-order chi connectivity index (χ1) is 18.8. The normalized spacial score (nSPS) is 17.9. The number of anilines is 2. The molecule has 3 aromatic rings. The molecule has 0 spiro atoms. The number of fused-ring (bicyclic) bond motifs is 1. The second-order valence-corrected chi connectivity index (χ2v) is 10.9. The third-order valence-electron chi connectivity index (χ3n) is 7.38. The van der Waals surface area contributed by atoms with Crippen LogP contribution in [0.2, 0.25) is 0 Å². The molecular formula is C32H35N3O4. The minimum absolute atomic E-state index is 0.0456. The highest BCUT2D eigenvalue weighted by Gasteiger charge is 2.43. The maximum absolute atomic E-state index is 13.9. The number of carbonyl (C=O) groups excluding carboxylic acids is 2. The summed E-state index contributed by atoms with van der Waals surface area (Å²) in [7, 11) is 3.20. The number of benzene rings is 3. The largest absolute Gasteiger partial charge is 0.493 e. The van der Waals surface area contributed by atoms with Crippen LogP contribution in [0.15, 0.2) is 84.1 Å². The van der Waals surface area contributed by atoms with Crippen molar-refractivity contribution in [2.45, 2.75) is 39.3 Å². The zero-order chi connectivity index (χ0) is 27.6.